The third-order valence-corrected chi connectivity index (χ3v) is 3.31. The summed E-state index contributed by atoms with van der Waals surface area (Å²) < 4.78 is 34.0. The lowest BCUT2D eigenvalue weighted by atomic mass is 10.0. The Hall–Kier alpha value is -1.89. The van der Waals surface area contributed by atoms with Crippen LogP contribution in [0.2, 0.25) is 5.02 Å². The Morgan fingerprint density at radius 1 is 1.52 bits per heavy atom. The van der Waals surface area contributed by atoms with Crippen molar-refractivity contribution in [1.29, 1.82) is 0 Å². The SMILES string of the molecule is COC(=O)c1ccc(OC(F)F)c(C2CC(C)=NO2)c1Cl. The van der Waals surface area contributed by atoms with E-state index < -0.39 is 18.7 Å². The van der Waals surface area contributed by atoms with E-state index in [-0.39, 0.29) is 21.9 Å². The minimum absolute atomic E-state index is 0.0453. The normalized spacial score (nSPS) is 17.4. The highest BCUT2D eigenvalue weighted by Crippen LogP contribution is 2.41. The number of ether oxygens (including phenoxy) is 2. The molecular weight excluding hydrogens is 308 g/mol. The number of alkyl halides is 2. The molecule has 0 aromatic heterocycles. The maximum absolute atomic E-state index is 12.5. The fourth-order valence-electron chi connectivity index (χ4n) is 1.99. The van der Waals surface area contributed by atoms with Gasteiger partial charge in [0.1, 0.15) is 5.75 Å². The minimum atomic E-state index is -3.02. The second-order valence-electron chi connectivity index (χ2n) is 4.33. The van der Waals surface area contributed by atoms with Crippen molar-refractivity contribution >= 4 is 23.3 Å². The Morgan fingerprint density at radius 2 is 2.24 bits per heavy atom. The highest BCUT2D eigenvalue weighted by Gasteiger charge is 2.30. The Balaban J connectivity index is 2.47. The van der Waals surface area contributed by atoms with E-state index in [2.05, 4.69) is 14.6 Å². The van der Waals surface area contributed by atoms with E-state index in [1.807, 2.05) is 0 Å². The van der Waals surface area contributed by atoms with Crippen LogP contribution in [0.1, 0.15) is 35.4 Å². The molecule has 21 heavy (non-hydrogen) atoms. The number of benzene rings is 1. The van der Waals surface area contributed by atoms with E-state index in [1.54, 1.807) is 6.92 Å². The number of esters is 1. The molecule has 2 rings (SSSR count). The molecule has 1 atom stereocenters. The van der Waals surface area contributed by atoms with Crippen molar-refractivity contribution in [3.63, 3.8) is 0 Å². The number of rotatable bonds is 4. The number of halogens is 3. The summed E-state index contributed by atoms with van der Waals surface area (Å²) in [6.07, 6.45) is -0.319. The maximum atomic E-state index is 12.5. The van der Waals surface area contributed by atoms with Crippen LogP contribution in [-0.4, -0.2) is 25.4 Å². The lowest BCUT2D eigenvalue weighted by molar-refractivity contribution is -0.0521. The molecule has 0 saturated carbocycles. The highest BCUT2D eigenvalue weighted by molar-refractivity contribution is 6.34. The molecule has 0 radical (unpaired) electrons. The summed E-state index contributed by atoms with van der Waals surface area (Å²) in [5.74, 6) is -0.835. The zero-order valence-electron chi connectivity index (χ0n) is 11.2. The summed E-state index contributed by atoms with van der Waals surface area (Å²) >= 11 is 6.14. The van der Waals surface area contributed by atoms with Gasteiger partial charge < -0.3 is 14.3 Å². The van der Waals surface area contributed by atoms with Crippen molar-refractivity contribution in [2.24, 2.45) is 5.16 Å². The fraction of sp³-hybridized carbons (Fsp3) is 0.385. The molecule has 0 aliphatic carbocycles. The van der Waals surface area contributed by atoms with Crippen molar-refractivity contribution in [2.45, 2.75) is 26.1 Å². The van der Waals surface area contributed by atoms with Crippen molar-refractivity contribution in [3.8, 4) is 5.75 Å². The molecule has 1 aliphatic heterocycles. The number of nitrogens with zero attached hydrogens (tertiary/aromatic N) is 1. The van der Waals surface area contributed by atoms with Gasteiger partial charge in [0.05, 0.1) is 29.0 Å². The monoisotopic (exact) mass is 319 g/mol. The summed E-state index contributed by atoms with van der Waals surface area (Å²) in [6.45, 7) is -1.29. The quantitative estimate of drug-likeness (QED) is 0.796. The standard InChI is InChI=1S/C13H12ClF2NO4/c1-6-5-9(21-17-6)10-8(20-13(15)16)4-3-7(11(10)14)12(18)19-2/h3-4,9,13H,5H2,1-2H3. The number of methoxy groups -OCH3 is 1. The first-order valence-electron chi connectivity index (χ1n) is 5.98. The molecular formula is C13H12ClF2NO4. The minimum Gasteiger partial charge on any atom is -0.465 e. The number of hydrogen-bond donors (Lipinski definition) is 0. The number of hydrogen-bond acceptors (Lipinski definition) is 5. The molecule has 5 nitrogen and oxygen atoms in total. The van der Waals surface area contributed by atoms with Gasteiger partial charge in [0.15, 0.2) is 6.10 Å². The summed E-state index contributed by atoms with van der Waals surface area (Å²) in [6, 6.07) is 2.49. The zero-order valence-corrected chi connectivity index (χ0v) is 12.0. The van der Waals surface area contributed by atoms with Gasteiger partial charge >= 0.3 is 12.6 Å². The summed E-state index contributed by atoms with van der Waals surface area (Å²) in [5, 5.41) is 3.70. The van der Waals surface area contributed by atoms with Crippen LogP contribution in [-0.2, 0) is 9.57 Å². The molecule has 0 bridgehead atoms. The van der Waals surface area contributed by atoms with E-state index >= 15 is 0 Å². The number of oxime groups is 1. The second-order valence-corrected chi connectivity index (χ2v) is 4.71. The van der Waals surface area contributed by atoms with Gasteiger partial charge in [-0.15, -0.1) is 0 Å². The van der Waals surface area contributed by atoms with Crippen LogP contribution in [0.15, 0.2) is 17.3 Å². The largest absolute Gasteiger partial charge is 0.465 e. The average molecular weight is 320 g/mol. The lowest BCUT2D eigenvalue weighted by Gasteiger charge is -2.17. The van der Waals surface area contributed by atoms with Crippen LogP contribution in [0.5, 0.6) is 5.75 Å². The van der Waals surface area contributed by atoms with Crippen LogP contribution in [0.4, 0.5) is 8.78 Å². The Kier molecular flexibility index (Phi) is 4.62. The van der Waals surface area contributed by atoms with E-state index in [0.29, 0.717) is 12.1 Å². The van der Waals surface area contributed by atoms with E-state index in [1.165, 1.54) is 19.2 Å². The van der Waals surface area contributed by atoms with Crippen molar-refractivity contribution in [2.75, 3.05) is 7.11 Å². The summed E-state index contributed by atoms with van der Waals surface area (Å²) in [4.78, 5) is 16.8. The molecule has 8 heteroatoms. The van der Waals surface area contributed by atoms with Crippen LogP contribution < -0.4 is 4.74 Å². The van der Waals surface area contributed by atoms with Crippen molar-refractivity contribution < 1.29 is 27.9 Å². The van der Waals surface area contributed by atoms with Crippen molar-refractivity contribution in [3.05, 3.63) is 28.3 Å². The average Bonchev–Trinajstić information content (AvgIpc) is 2.84. The summed E-state index contributed by atoms with van der Waals surface area (Å²) in [7, 11) is 1.20. The van der Waals surface area contributed by atoms with E-state index in [0.717, 1.165) is 0 Å². The lowest BCUT2D eigenvalue weighted by Crippen LogP contribution is -2.11. The van der Waals surface area contributed by atoms with Gasteiger partial charge in [-0.05, 0) is 19.1 Å². The first-order valence-corrected chi connectivity index (χ1v) is 6.36. The molecule has 0 fully saturated rings. The molecule has 0 saturated heterocycles. The Labute approximate surface area is 124 Å². The molecule has 0 N–H and O–H groups in total. The zero-order chi connectivity index (χ0) is 15.6. The van der Waals surface area contributed by atoms with Gasteiger partial charge in [-0.1, -0.05) is 16.8 Å². The van der Waals surface area contributed by atoms with Gasteiger partial charge in [-0.3, -0.25) is 0 Å². The van der Waals surface area contributed by atoms with Gasteiger partial charge in [0.2, 0.25) is 0 Å². The van der Waals surface area contributed by atoms with Gasteiger partial charge in [-0.25, -0.2) is 4.79 Å². The number of carbonyl (C=O) groups is 1. The Bertz CT molecular complexity index is 592. The Morgan fingerprint density at radius 3 is 2.76 bits per heavy atom. The van der Waals surface area contributed by atoms with Crippen LogP contribution in [0.3, 0.4) is 0 Å². The fourth-order valence-corrected chi connectivity index (χ4v) is 2.35. The molecule has 114 valence electrons. The van der Waals surface area contributed by atoms with Crippen LogP contribution in [0, 0.1) is 0 Å². The molecule has 1 aromatic rings. The smallest absolute Gasteiger partial charge is 0.387 e. The van der Waals surface area contributed by atoms with Gasteiger partial charge in [-0.2, -0.15) is 8.78 Å². The van der Waals surface area contributed by atoms with E-state index in [4.69, 9.17) is 16.4 Å². The third-order valence-electron chi connectivity index (χ3n) is 2.90. The molecule has 0 spiro atoms. The van der Waals surface area contributed by atoms with Crippen LogP contribution >= 0.6 is 11.6 Å². The molecule has 1 heterocycles. The first kappa shape index (κ1) is 15.5. The predicted octanol–water partition coefficient (Wildman–Crippen LogP) is 3.57. The van der Waals surface area contributed by atoms with Gasteiger partial charge in [0.25, 0.3) is 0 Å². The van der Waals surface area contributed by atoms with Gasteiger partial charge in [0, 0.05) is 6.42 Å². The number of carbonyl (C=O) groups excluding carboxylic acids is 1. The second kappa shape index (κ2) is 6.26. The molecule has 0 amide bonds. The molecule has 1 aromatic carbocycles. The first-order chi connectivity index (χ1) is 9.93. The third kappa shape index (κ3) is 3.24. The molecule has 1 unspecified atom stereocenters. The van der Waals surface area contributed by atoms with Crippen LogP contribution in [0.25, 0.3) is 0 Å². The highest BCUT2D eigenvalue weighted by atomic mass is 35.5. The molecule has 1 aliphatic rings. The van der Waals surface area contributed by atoms with Crippen molar-refractivity contribution in [1.82, 2.24) is 0 Å². The predicted molar refractivity (Wildman–Crippen MR) is 71.0 cm³/mol. The topological polar surface area (TPSA) is 57.1 Å². The van der Waals surface area contributed by atoms with E-state index in [9.17, 15) is 13.6 Å². The summed E-state index contributed by atoms with van der Waals surface area (Å²) in [5.41, 5.74) is 0.881. The maximum Gasteiger partial charge on any atom is 0.387 e.